The number of thiophene rings is 1. The third kappa shape index (κ3) is 15.2. The summed E-state index contributed by atoms with van der Waals surface area (Å²) in [4.78, 5) is 64.5. The van der Waals surface area contributed by atoms with Gasteiger partial charge in [0.25, 0.3) is 0 Å². The average Bonchev–Trinajstić information content (AvgIpc) is 4.31. The number of likely N-dealkylation sites (tertiary alicyclic amines) is 1. The summed E-state index contributed by atoms with van der Waals surface area (Å²) >= 11 is 14.5. The van der Waals surface area contributed by atoms with E-state index in [0.29, 0.717) is 60.7 Å². The molecule has 3 saturated heterocycles. The second-order valence-corrected chi connectivity index (χ2v) is 22.4. The third-order valence-corrected chi connectivity index (χ3v) is 15.4. The normalized spacial score (nSPS) is 20.5. The molecular formula is C56H69Cl2N7O11S. The fourth-order valence-corrected chi connectivity index (χ4v) is 11.1. The van der Waals surface area contributed by atoms with E-state index in [-0.39, 0.29) is 83.2 Å². The summed E-state index contributed by atoms with van der Waals surface area (Å²) in [5.74, 6) is -1.90. The molecule has 6 atom stereocenters. The van der Waals surface area contributed by atoms with Crippen LogP contribution in [0.15, 0.2) is 96.9 Å². The molecule has 3 aromatic carbocycles. The molecule has 0 spiro atoms. The first kappa shape index (κ1) is 57.6. The molecule has 0 aliphatic carbocycles. The van der Waals surface area contributed by atoms with Crippen LogP contribution in [-0.4, -0.2) is 158 Å². The molecule has 3 fully saturated rings. The lowest BCUT2D eigenvalue weighted by Gasteiger charge is -2.36. The monoisotopic (exact) mass is 1120 g/mol. The first-order chi connectivity index (χ1) is 37.0. The number of carbonyl (C=O) groups is 4. The molecule has 4 amide bonds. The third-order valence-electron chi connectivity index (χ3n) is 13.8. The fourth-order valence-electron chi connectivity index (χ4n) is 9.59. The summed E-state index contributed by atoms with van der Waals surface area (Å²) in [6.07, 6.45) is 4.05. The van der Waals surface area contributed by atoms with Gasteiger partial charge in [-0.3, -0.25) is 19.2 Å². The van der Waals surface area contributed by atoms with E-state index in [9.17, 15) is 24.3 Å². The molecule has 414 valence electrons. The summed E-state index contributed by atoms with van der Waals surface area (Å²) in [6.45, 7) is 13.0. The maximum atomic E-state index is 14.1. The predicted molar refractivity (Wildman–Crippen MR) is 293 cm³/mol. The Labute approximate surface area is 463 Å². The number of aliphatic hydroxyl groups is 1. The molecule has 0 radical (unpaired) electrons. The van der Waals surface area contributed by atoms with E-state index in [1.54, 1.807) is 40.9 Å². The summed E-state index contributed by atoms with van der Waals surface area (Å²) in [5.41, 5.74) is 4.18. The Morgan fingerprint density at radius 3 is 2.29 bits per heavy atom. The van der Waals surface area contributed by atoms with E-state index in [2.05, 4.69) is 38.9 Å². The number of anilines is 1. The molecule has 5 aromatic rings. The van der Waals surface area contributed by atoms with Gasteiger partial charge >= 0.3 is 0 Å². The molecule has 0 unspecified atom stereocenters. The van der Waals surface area contributed by atoms with Crippen molar-refractivity contribution < 1.29 is 52.7 Å². The minimum Gasteiger partial charge on any atom is -0.491 e. The van der Waals surface area contributed by atoms with Crippen LogP contribution in [0.25, 0.3) is 10.4 Å². The van der Waals surface area contributed by atoms with Crippen LogP contribution in [0.5, 0.6) is 5.75 Å². The van der Waals surface area contributed by atoms with Gasteiger partial charge in [0.1, 0.15) is 43.8 Å². The summed E-state index contributed by atoms with van der Waals surface area (Å²) in [7, 11) is 0. The number of aliphatic hydroxyl groups excluding tert-OH is 1. The molecule has 77 heavy (non-hydrogen) atoms. The molecule has 0 saturated carbocycles. The lowest BCUT2D eigenvalue weighted by atomic mass is 9.85. The Morgan fingerprint density at radius 2 is 1.62 bits per heavy atom. The topological polar surface area (TPSA) is 195 Å². The predicted octanol–water partition coefficient (Wildman–Crippen LogP) is 6.64. The van der Waals surface area contributed by atoms with Gasteiger partial charge in [0, 0.05) is 72.7 Å². The number of amides is 4. The largest absolute Gasteiger partial charge is 0.491 e. The number of piperazine rings is 1. The number of nitrogens with zero attached hydrogens (tertiary/aromatic N) is 5. The standard InChI is InChI=1S/C56H69Cl2N7O11S/c1-37-16-27-77-51(37)40-8-6-39(7-9-40)38(2)60-53(69)48-29-43(66)30-65(48)54(70)52(55(3,4)5)61-49(67)33-72-25-23-71-24-26-73-34-50(68)64-21-19-63(20-22-64)42-11-13-44(14-12-42)74-31-45-32-75-56(76-45,35-62-18-17-59-36-62)46-15-10-41(57)28-47(46)58/h6-18,27-28,36,38,43,45,48,52,66H,19-26,29-35H2,1-5H3,(H,60,69)(H,61,67)/t38-,43+,45-,48-,52+,56-/m0/s1. The van der Waals surface area contributed by atoms with Crippen molar-refractivity contribution in [3.63, 3.8) is 0 Å². The Morgan fingerprint density at radius 1 is 0.909 bits per heavy atom. The lowest BCUT2D eigenvalue weighted by Crippen LogP contribution is -2.58. The van der Waals surface area contributed by atoms with Crippen molar-refractivity contribution in [1.29, 1.82) is 0 Å². The van der Waals surface area contributed by atoms with Crippen molar-refractivity contribution >= 4 is 63.9 Å². The van der Waals surface area contributed by atoms with E-state index in [1.807, 2.05) is 93.1 Å². The number of ether oxygens (including phenoxy) is 6. The molecule has 2 aromatic heterocycles. The maximum Gasteiger partial charge on any atom is 0.248 e. The van der Waals surface area contributed by atoms with Crippen LogP contribution >= 0.6 is 34.5 Å². The van der Waals surface area contributed by atoms with Gasteiger partial charge in [0.15, 0.2) is 0 Å². The van der Waals surface area contributed by atoms with Gasteiger partial charge < -0.3 is 63.4 Å². The van der Waals surface area contributed by atoms with Crippen LogP contribution in [0.2, 0.25) is 10.0 Å². The lowest BCUT2D eigenvalue weighted by molar-refractivity contribution is -0.189. The summed E-state index contributed by atoms with van der Waals surface area (Å²) in [6, 6.07) is 21.0. The van der Waals surface area contributed by atoms with Crippen LogP contribution in [-0.2, 0) is 55.2 Å². The highest BCUT2D eigenvalue weighted by atomic mass is 35.5. The Hall–Kier alpha value is -5.61. The van der Waals surface area contributed by atoms with Gasteiger partial charge in [0.2, 0.25) is 29.4 Å². The first-order valence-electron chi connectivity index (χ1n) is 25.9. The van der Waals surface area contributed by atoms with E-state index in [0.717, 1.165) is 16.8 Å². The van der Waals surface area contributed by atoms with Crippen LogP contribution in [0.3, 0.4) is 0 Å². The number of benzene rings is 3. The molecule has 18 nitrogen and oxygen atoms in total. The number of carbonyl (C=O) groups excluding carboxylic acids is 4. The van der Waals surface area contributed by atoms with E-state index < -0.39 is 41.2 Å². The highest BCUT2D eigenvalue weighted by Crippen LogP contribution is 2.41. The second-order valence-electron chi connectivity index (χ2n) is 20.6. The molecule has 5 heterocycles. The van der Waals surface area contributed by atoms with Crippen LogP contribution in [0.4, 0.5) is 5.69 Å². The minimum atomic E-state index is -1.15. The highest BCUT2D eigenvalue weighted by Gasteiger charge is 2.46. The number of hydrogen-bond acceptors (Lipinski definition) is 14. The van der Waals surface area contributed by atoms with Crippen LogP contribution in [0.1, 0.15) is 56.8 Å². The number of imidazole rings is 1. The maximum absolute atomic E-state index is 14.1. The zero-order valence-electron chi connectivity index (χ0n) is 44.2. The minimum absolute atomic E-state index is 0.0310. The first-order valence-corrected chi connectivity index (χ1v) is 27.5. The number of aryl methyl sites for hydroxylation is 1. The Bertz CT molecular complexity index is 2750. The summed E-state index contributed by atoms with van der Waals surface area (Å²) < 4.78 is 37.6. The SMILES string of the molecule is Cc1ccsc1-c1ccc([C@H](C)NC(=O)[C@@H]2C[C@@H](O)CN2C(=O)[C@@H](NC(=O)COCCOCCOCC(=O)N2CCN(c3ccc(OC[C@H]4CO[C@](Cn5ccnc5)(c5ccc(Cl)cc5Cl)O4)cc3)CC2)C(C)(C)C)cc1. The van der Waals surface area contributed by atoms with Crippen molar-refractivity contribution in [3.8, 4) is 16.2 Å². The van der Waals surface area contributed by atoms with Crippen molar-refractivity contribution in [3.05, 3.63) is 124 Å². The van der Waals surface area contributed by atoms with Crippen LogP contribution < -0.4 is 20.3 Å². The van der Waals surface area contributed by atoms with Gasteiger partial charge in [-0.1, -0.05) is 74.3 Å². The number of aromatic nitrogens is 2. The Kier molecular flexibility index (Phi) is 19.7. The van der Waals surface area contributed by atoms with Gasteiger partial charge in [-0.15, -0.1) is 11.3 Å². The molecule has 21 heteroatoms. The highest BCUT2D eigenvalue weighted by molar-refractivity contribution is 7.13. The average molecular weight is 1120 g/mol. The van der Waals surface area contributed by atoms with Gasteiger partial charge in [0.05, 0.1) is 63.1 Å². The smallest absolute Gasteiger partial charge is 0.248 e. The zero-order chi connectivity index (χ0) is 54.7. The summed E-state index contributed by atoms with van der Waals surface area (Å²) in [5, 5.41) is 19.5. The second kappa shape index (κ2) is 26.4. The van der Waals surface area contributed by atoms with Crippen molar-refractivity contribution in [1.82, 2.24) is 30.0 Å². The van der Waals surface area contributed by atoms with E-state index in [1.165, 1.54) is 15.3 Å². The fraction of sp³-hybridized carbons (Fsp3) is 0.482. The number of rotatable bonds is 23. The molecule has 0 bridgehead atoms. The van der Waals surface area contributed by atoms with Gasteiger partial charge in [-0.05, 0) is 83.8 Å². The van der Waals surface area contributed by atoms with Crippen molar-refractivity contribution in [2.45, 2.75) is 83.7 Å². The molecule has 3 N–H and O–H groups in total. The quantitative estimate of drug-likeness (QED) is 0.0590. The van der Waals surface area contributed by atoms with E-state index in [4.69, 9.17) is 51.6 Å². The van der Waals surface area contributed by atoms with Crippen LogP contribution in [0, 0.1) is 12.3 Å². The van der Waals surface area contributed by atoms with Gasteiger partial charge in [-0.25, -0.2) is 4.98 Å². The van der Waals surface area contributed by atoms with E-state index >= 15 is 0 Å². The van der Waals surface area contributed by atoms with Crippen molar-refractivity contribution in [2.75, 3.05) is 90.5 Å². The number of hydrogen-bond donors (Lipinski definition) is 3. The number of halogens is 2. The number of nitrogens with one attached hydrogen (secondary N) is 2. The Balaban J connectivity index is 0.683. The van der Waals surface area contributed by atoms with Gasteiger partial charge in [-0.2, -0.15) is 0 Å². The van der Waals surface area contributed by atoms with Crippen molar-refractivity contribution in [2.24, 2.45) is 5.41 Å². The molecule has 8 rings (SSSR count). The molecular weight excluding hydrogens is 1050 g/mol. The number of β-amino-alcohol motifs (C(OH)–C–C–N with tert-alkyl or cyclic N) is 1. The molecule has 3 aliphatic heterocycles. The molecule has 3 aliphatic rings. The zero-order valence-corrected chi connectivity index (χ0v) is 46.5.